The molecule has 7 nitrogen and oxygen atoms in total. The third-order valence-electron chi connectivity index (χ3n) is 5.16. The molecule has 0 radical (unpaired) electrons. The monoisotopic (exact) mass is 362 g/mol. The van der Waals surface area contributed by atoms with Crippen molar-refractivity contribution in [2.24, 2.45) is 5.41 Å². The topological polar surface area (TPSA) is 90.3 Å². The van der Waals surface area contributed by atoms with Gasteiger partial charge >= 0.3 is 6.09 Å². The Bertz CT molecular complexity index is 740. The lowest BCUT2D eigenvalue weighted by Crippen LogP contribution is -2.61. The molecule has 0 unspecified atom stereocenters. The molecule has 7 heteroatoms. The largest absolute Gasteiger partial charge is 0.504 e. The van der Waals surface area contributed by atoms with Gasteiger partial charge in [-0.15, -0.1) is 0 Å². The lowest BCUT2D eigenvalue weighted by molar-refractivity contribution is -0.147. The smallest absolute Gasteiger partial charge is 0.408 e. The van der Waals surface area contributed by atoms with Crippen molar-refractivity contribution in [3.05, 3.63) is 23.3 Å². The maximum absolute atomic E-state index is 13.1. The Kier molecular flexibility index (Phi) is 4.50. The second-order valence-corrected chi connectivity index (χ2v) is 8.24. The van der Waals surface area contributed by atoms with Crippen LogP contribution in [0.4, 0.5) is 4.79 Å². The molecular formula is C19H26N2O5. The van der Waals surface area contributed by atoms with Gasteiger partial charge in [-0.05, 0) is 41.5 Å². The van der Waals surface area contributed by atoms with Crippen LogP contribution in [0.1, 0.15) is 44.4 Å². The fraction of sp³-hybridized carbons (Fsp3) is 0.579. The molecule has 1 fully saturated rings. The zero-order valence-corrected chi connectivity index (χ0v) is 15.7. The van der Waals surface area contributed by atoms with Gasteiger partial charge < -0.3 is 19.8 Å². The molecule has 1 aromatic rings. The molecule has 2 aliphatic heterocycles. The van der Waals surface area contributed by atoms with E-state index in [1.54, 1.807) is 17.0 Å². The van der Waals surface area contributed by atoms with E-state index in [9.17, 15) is 19.8 Å². The van der Waals surface area contributed by atoms with Crippen molar-refractivity contribution in [3.63, 3.8) is 0 Å². The number of phenolic OH excluding ortho intramolecular Hbond substituents is 1. The highest BCUT2D eigenvalue weighted by Gasteiger charge is 2.46. The molecule has 1 aromatic carbocycles. The number of carbonyl (C=O) groups excluding carboxylic acids is 1. The lowest BCUT2D eigenvalue weighted by atomic mass is 9.83. The van der Waals surface area contributed by atoms with Crippen LogP contribution in [-0.4, -0.2) is 58.3 Å². The normalized spacial score (nSPS) is 22.7. The zero-order chi connectivity index (χ0) is 19.2. The van der Waals surface area contributed by atoms with E-state index in [2.05, 4.69) is 0 Å². The molecule has 0 aliphatic carbocycles. The number of fused-ring (bicyclic) bond motifs is 3. The van der Waals surface area contributed by atoms with Crippen molar-refractivity contribution in [1.82, 2.24) is 9.80 Å². The number of carboxylic acid groups (broad SMARTS) is 1. The van der Waals surface area contributed by atoms with Gasteiger partial charge in [0.25, 0.3) is 0 Å². The van der Waals surface area contributed by atoms with Crippen molar-refractivity contribution in [2.75, 3.05) is 20.2 Å². The summed E-state index contributed by atoms with van der Waals surface area (Å²) in [6.07, 6.45) is 0.0301. The summed E-state index contributed by atoms with van der Waals surface area (Å²) >= 11 is 0. The molecule has 0 aromatic heterocycles. The third kappa shape index (κ3) is 3.18. The fourth-order valence-corrected chi connectivity index (χ4v) is 3.97. The van der Waals surface area contributed by atoms with E-state index in [1.165, 1.54) is 12.0 Å². The number of phenols is 1. The minimum Gasteiger partial charge on any atom is -0.504 e. The van der Waals surface area contributed by atoms with Crippen LogP contribution in [-0.2, 0) is 11.2 Å². The number of aromatic hydroxyl groups is 1. The second-order valence-electron chi connectivity index (χ2n) is 8.24. The molecule has 1 saturated heterocycles. The van der Waals surface area contributed by atoms with E-state index >= 15 is 0 Å². The van der Waals surface area contributed by atoms with Gasteiger partial charge in [-0.1, -0.05) is 20.8 Å². The number of nitrogens with zero attached hydrogens (tertiary/aromatic N) is 2. The van der Waals surface area contributed by atoms with Gasteiger partial charge in [0.15, 0.2) is 11.5 Å². The number of methoxy groups -OCH3 is 1. The van der Waals surface area contributed by atoms with Crippen LogP contribution < -0.4 is 4.74 Å². The van der Waals surface area contributed by atoms with Crippen molar-refractivity contribution in [2.45, 2.75) is 45.7 Å². The second kappa shape index (κ2) is 6.37. The average molecular weight is 362 g/mol. The summed E-state index contributed by atoms with van der Waals surface area (Å²) in [5.74, 6) is 0.246. The highest BCUT2D eigenvalue weighted by atomic mass is 16.5. The summed E-state index contributed by atoms with van der Waals surface area (Å²) in [6.45, 7) is 6.77. The average Bonchev–Trinajstić information content (AvgIpc) is 2.54. The molecule has 142 valence electrons. The molecule has 3 rings (SSSR count). The molecule has 2 amide bonds. The molecule has 26 heavy (non-hydrogen) atoms. The van der Waals surface area contributed by atoms with Crippen molar-refractivity contribution in [1.29, 1.82) is 0 Å². The number of benzene rings is 1. The first kappa shape index (κ1) is 18.4. The summed E-state index contributed by atoms with van der Waals surface area (Å²) < 4.78 is 5.20. The minimum atomic E-state index is -1.08. The van der Waals surface area contributed by atoms with Crippen LogP contribution in [0, 0.1) is 5.41 Å². The van der Waals surface area contributed by atoms with E-state index in [1.807, 2.05) is 20.8 Å². The molecule has 0 bridgehead atoms. The van der Waals surface area contributed by atoms with E-state index in [0.717, 1.165) is 11.1 Å². The standard InChI is InChI=1S/C19H26N2O5/c1-19(2,3)9-13-17(23)20-6-5-11-7-15(22)16(26-4)8-12(11)14(20)10-21(13)18(24)25/h7-8,13-14,22H,5-6,9-10H2,1-4H3,(H,24,25)/t13-,14-/m1/s1. The predicted molar refractivity (Wildman–Crippen MR) is 95.4 cm³/mol. The molecule has 2 heterocycles. The highest BCUT2D eigenvalue weighted by molar-refractivity contribution is 5.87. The van der Waals surface area contributed by atoms with Gasteiger partial charge in [0.2, 0.25) is 5.91 Å². The first-order valence-corrected chi connectivity index (χ1v) is 8.82. The Morgan fingerprint density at radius 3 is 2.62 bits per heavy atom. The van der Waals surface area contributed by atoms with Gasteiger partial charge in [-0.3, -0.25) is 9.69 Å². The summed E-state index contributed by atoms with van der Waals surface area (Å²) in [6, 6.07) is 2.36. The Morgan fingerprint density at radius 2 is 2.04 bits per heavy atom. The van der Waals surface area contributed by atoms with Gasteiger partial charge in [-0.2, -0.15) is 0 Å². The van der Waals surface area contributed by atoms with E-state index < -0.39 is 12.1 Å². The Balaban J connectivity index is 2.00. The first-order chi connectivity index (χ1) is 12.1. The number of rotatable bonds is 2. The Morgan fingerprint density at radius 1 is 1.35 bits per heavy atom. The number of hydrogen-bond donors (Lipinski definition) is 2. The summed E-state index contributed by atoms with van der Waals surface area (Å²) in [5, 5.41) is 19.7. The van der Waals surface area contributed by atoms with Gasteiger partial charge in [0.05, 0.1) is 13.2 Å². The lowest BCUT2D eigenvalue weighted by Gasteiger charge is -2.48. The van der Waals surface area contributed by atoms with Crippen molar-refractivity contribution < 1.29 is 24.5 Å². The van der Waals surface area contributed by atoms with Crippen LogP contribution in [0.5, 0.6) is 11.5 Å². The molecule has 2 aliphatic rings. The fourth-order valence-electron chi connectivity index (χ4n) is 3.97. The molecule has 2 atom stereocenters. The van der Waals surface area contributed by atoms with E-state index in [0.29, 0.717) is 25.1 Å². The molecule has 0 spiro atoms. The number of ether oxygens (including phenoxy) is 1. The maximum atomic E-state index is 13.1. The SMILES string of the molecule is COc1cc2c(cc1O)CCN1C(=O)[C@@H](CC(C)(C)C)N(C(=O)O)C[C@H]21. The number of amides is 2. The Hall–Kier alpha value is -2.44. The van der Waals surface area contributed by atoms with Crippen LogP contribution in [0.3, 0.4) is 0 Å². The van der Waals surface area contributed by atoms with Crippen LogP contribution >= 0.6 is 0 Å². The quantitative estimate of drug-likeness (QED) is 0.844. The van der Waals surface area contributed by atoms with Crippen LogP contribution in [0.2, 0.25) is 0 Å². The van der Waals surface area contributed by atoms with Crippen LogP contribution in [0.25, 0.3) is 0 Å². The minimum absolute atomic E-state index is 0.0579. The summed E-state index contributed by atoms with van der Waals surface area (Å²) in [4.78, 5) is 28.0. The Labute approximate surface area is 153 Å². The zero-order valence-electron chi connectivity index (χ0n) is 15.7. The van der Waals surface area contributed by atoms with Crippen LogP contribution in [0.15, 0.2) is 12.1 Å². The predicted octanol–water partition coefficient (Wildman–Crippen LogP) is 2.62. The van der Waals surface area contributed by atoms with Gasteiger partial charge in [0.1, 0.15) is 6.04 Å². The molecule has 0 saturated carbocycles. The highest BCUT2D eigenvalue weighted by Crippen LogP contribution is 2.41. The number of carbonyl (C=O) groups is 2. The number of hydrogen-bond acceptors (Lipinski definition) is 4. The van der Waals surface area contributed by atoms with Crippen molar-refractivity contribution >= 4 is 12.0 Å². The van der Waals surface area contributed by atoms with Gasteiger partial charge in [-0.25, -0.2) is 4.79 Å². The van der Waals surface area contributed by atoms with E-state index in [-0.39, 0.29) is 29.7 Å². The number of piperazine rings is 1. The maximum Gasteiger partial charge on any atom is 0.408 e. The summed E-state index contributed by atoms with van der Waals surface area (Å²) in [7, 11) is 1.47. The first-order valence-electron chi connectivity index (χ1n) is 8.82. The molecular weight excluding hydrogens is 336 g/mol. The summed E-state index contributed by atoms with van der Waals surface area (Å²) in [5.41, 5.74) is 1.61. The van der Waals surface area contributed by atoms with Crippen molar-refractivity contribution in [3.8, 4) is 11.5 Å². The van der Waals surface area contributed by atoms with E-state index in [4.69, 9.17) is 4.74 Å². The molecule has 2 N–H and O–H groups in total. The van der Waals surface area contributed by atoms with Gasteiger partial charge in [0, 0.05) is 13.1 Å². The third-order valence-corrected chi connectivity index (χ3v) is 5.16.